The van der Waals surface area contributed by atoms with Crippen LogP contribution < -0.4 is 9.80 Å². The van der Waals surface area contributed by atoms with Gasteiger partial charge in [0, 0.05) is 17.5 Å². The van der Waals surface area contributed by atoms with Gasteiger partial charge in [0.15, 0.2) is 0 Å². The van der Waals surface area contributed by atoms with Crippen LogP contribution in [-0.2, 0) is 0 Å². The van der Waals surface area contributed by atoms with E-state index in [9.17, 15) is 0 Å². The van der Waals surface area contributed by atoms with E-state index in [0.29, 0.717) is 0 Å². The average Bonchev–Trinajstić information content (AvgIpc) is 2.74. The molecule has 4 rings (SSSR count). The van der Waals surface area contributed by atoms with Crippen molar-refractivity contribution in [2.75, 3.05) is 21.1 Å². The molecule has 0 fully saturated rings. The summed E-state index contributed by atoms with van der Waals surface area (Å²) in [4.78, 5) is 2.69. The van der Waals surface area contributed by atoms with Gasteiger partial charge >= 0.3 is 0 Å². The number of fused-ring (bicyclic) bond motifs is 1. The van der Waals surface area contributed by atoms with Gasteiger partial charge in [-0.05, 0) is 47.6 Å². The maximum Gasteiger partial charge on any atom is 0.143 e. The van der Waals surface area contributed by atoms with Gasteiger partial charge in [-0.25, -0.2) is 0 Å². The van der Waals surface area contributed by atoms with Crippen molar-refractivity contribution in [3.05, 3.63) is 113 Å². The zero-order valence-corrected chi connectivity index (χ0v) is 16.8. The number of nitrogens with one attached hydrogen (secondary N) is 2. The highest BCUT2D eigenvalue weighted by Gasteiger charge is 2.22. The maximum absolute atomic E-state index is 2.41. The third kappa shape index (κ3) is 3.70. The molecule has 1 aliphatic heterocycles. The van der Waals surface area contributed by atoms with Crippen LogP contribution in [0.25, 0.3) is 6.08 Å². The monoisotopic (exact) mass is 368 g/mol. The number of para-hydroxylation sites is 1. The zero-order valence-electron chi connectivity index (χ0n) is 16.8. The molecule has 3 aromatic rings. The molecule has 3 aromatic carbocycles. The molecule has 0 radical (unpaired) electrons. The largest absolute Gasteiger partial charge is 0.307 e. The van der Waals surface area contributed by atoms with Crippen LogP contribution in [0.15, 0.2) is 96.7 Å². The number of rotatable bonds is 4. The molecule has 2 nitrogen and oxygen atoms in total. The highest BCUT2D eigenvalue weighted by atomic mass is 15.1. The van der Waals surface area contributed by atoms with Crippen molar-refractivity contribution in [2.45, 2.75) is 5.92 Å². The van der Waals surface area contributed by atoms with Gasteiger partial charge in [0.05, 0.1) is 21.1 Å². The standard InChI is InChI=1S/C26H26N2/c1-27(2)23-16-13-21(14-17-23)25(20-9-5-4-6-10-20)19-24-18-15-22-11-7-8-12-26(22)28(24)3/h4-19,25H,1-3H3/p+2. The minimum Gasteiger partial charge on any atom is -0.307 e. The average molecular weight is 369 g/mol. The Hall–Kier alpha value is -2.94. The smallest absolute Gasteiger partial charge is 0.143 e. The summed E-state index contributed by atoms with van der Waals surface area (Å²) >= 11 is 0. The van der Waals surface area contributed by atoms with Crippen LogP contribution in [0.4, 0.5) is 11.4 Å². The van der Waals surface area contributed by atoms with Gasteiger partial charge < -0.3 is 4.90 Å². The molecular weight excluding hydrogens is 340 g/mol. The molecule has 0 saturated carbocycles. The van der Waals surface area contributed by atoms with Crippen LogP contribution in [0.3, 0.4) is 0 Å². The van der Waals surface area contributed by atoms with E-state index in [0.717, 1.165) is 0 Å². The quantitative estimate of drug-likeness (QED) is 0.699. The highest BCUT2D eigenvalue weighted by Crippen LogP contribution is 2.28. The predicted octanol–water partition coefficient (Wildman–Crippen LogP) is 3.35. The Balaban J connectivity index is 1.76. The van der Waals surface area contributed by atoms with Crippen molar-refractivity contribution < 1.29 is 9.80 Å². The molecule has 2 atom stereocenters. The molecule has 2 unspecified atom stereocenters. The summed E-state index contributed by atoms with van der Waals surface area (Å²) in [7, 11) is 6.55. The fourth-order valence-corrected chi connectivity index (χ4v) is 3.87. The predicted molar refractivity (Wildman–Crippen MR) is 117 cm³/mol. The lowest BCUT2D eigenvalue weighted by Crippen LogP contribution is -3.02. The van der Waals surface area contributed by atoms with E-state index in [1.54, 1.807) is 0 Å². The van der Waals surface area contributed by atoms with Crippen molar-refractivity contribution >= 4 is 17.5 Å². The SMILES string of the molecule is C[NH+](C)c1ccc(C(C=C2C=Cc3ccccc3[NH+]2C)c2ccccc2)cc1. The molecule has 0 aliphatic carbocycles. The molecule has 0 amide bonds. The Morgan fingerprint density at radius 1 is 0.750 bits per heavy atom. The second-order valence-corrected chi connectivity index (χ2v) is 7.68. The number of quaternary nitrogens is 2. The Labute approximate surface area is 168 Å². The van der Waals surface area contributed by atoms with E-state index >= 15 is 0 Å². The fourth-order valence-electron chi connectivity index (χ4n) is 3.87. The molecular formula is C26H28N2+2. The molecule has 0 saturated heterocycles. The van der Waals surface area contributed by atoms with Gasteiger partial charge in [-0.15, -0.1) is 0 Å². The van der Waals surface area contributed by atoms with Gasteiger partial charge in [0.25, 0.3) is 0 Å². The van der Waals surface area contributed by atoms with Gasteiger partial charge in [-0.1, -0.05) is 54.6 Å². The van der Waals surface area contributed by atoms with E-state index in [-0.39, 0.29) is 5.92 Å². The molecule has 0 aromatic heterocycles. The fraction of sp³-hybridized carbons (Fsp3) is 0.154. The first-order valence-corrected chi connectivity index (χ1v) is 9.92. The molecule has 140 valence electrons. The highest BCUT2D eigenvalue weighted by molar-refractivity contribution is 5.65. The van der Waals surface area contributed by atoms with E-state index in [2.05, 4.69) is 118 Å². The van der Waals surface area contributed by atoms with Crippen LogP contribution in [0.5, 0.6) is 0 Å². The van der Waals surface area contributed by atoms with Crippen molar-refractivity contribution in [2.24, 2.45) is 0 Å². The Morgan fingerprint density at radius 3 is 2.11 bits per heavy atom. The number of hydrogen-bond acceptors (Lipinski definition) is 0. The minimum absolute atomic E-state index is 0.229. The number of benzene rings is 3. The van der Waals surface area contributed by atoms with Crippen LogP contribution in [0.2, 0.25) is 0 Å². The summed E-state index contributed by atoms with van der Waals surface area (Å²) in [5.41, 5.74) is 7.87. The molecule has 1 aliphatic rings. The lowest BCUT2D eigenvalue weighted by molar-refractivity contribution is -0.786. The van der Waals surface area contributed by atoms with E-state index in [1.807, 2.05) is 0 Å². The molecule has 2 N–H and O–H groups in total. The summed E-state index contributed by atoms with van der Waals surface area (Å²) in [6, 6.07) is 28.4. The Morgan fingerprint density at radius 2 is 1.39 bits per heavy atom. The van der Waals surface area contributed by atoms with Crippen molar-refractivity contribution in [1.29, 1.82) is 0 Å². The minimum atomic E-state index is 0.229. The van der Waals surface area contributed by atoms with Gasteiger partial charge in [-0.2, -0.15) is 0 Å². The van der Waals surface area contributed by atoms with Crippen molar-refractivity contribution in [3.8, 4) is 0 Å². The van der Waals surface area contributed by atoms with Gasteiger partial charge in [-0.3, -0.25) is 4.90 Å². The lowest BCUT2D eigenvalue weighted by atomic mass is 9.89. The van der Waals surface area contributed by atoms with Gasteiger partial charge in [0.1, 0.15) is 17.1 Å². The van der Waals surface area contributed by atoms with Crippen LogP contribution >= 0.6 is 0 Å². The topological polar surface area (TPSA) is 8.88 Å². The molecule has 28 heavy (non-hydrogen) atoms. The Kier molecular flexibility index (Phi) is 5.25. The zero-order chi connectivity index (χ0) is 19.5. The van der Waals surface area contributed by atoms with Crippen LogP contribution in [0, 0.1) is 0 Å². The number of hydrogen-bond donors (Lipinski definition) is 2. The first-order chi connectivity index (χ1) is 13.6. The number of likely N-dealkylation sites (N-methyl/N-ethyl adjacent to an activating group) is 1. The van der Waals surface area contributed by atoms with Crippen molar-refractivity contribution in [1.82, 2.24) is 0 Å². The van der Waals surface area contributed by atoms with Crippen molar-refractivity contribution in [3.63, 3.8) is 0 Å². The first-order valence-electron chi connectivity index (χ1n) is 9.92. The second-order valence-electron chi connectivity index (χ2n) is 7.68. The second kappa shape index (κ2) is 7.97. The van der Waals surface area contributed by atoms with E-state index in [1.165, 1.54) is 43.6 Å². The summed E-state index contributed by atoms with van der Waals surface area (Å²) in [6.07, 6.45) is 6.90. The Bertz CT molecular complexity index is 998. The number of allylic oxidation sites excluding steroid dienone is 2. The molecule has 2 heteroatoms. The molecule has 0 spiro atoms. The molecule has 1 heterocycles. The third-order valence-corrected chi connectivity index (χ3v) is 5.59. The van der Waals surface area contributed by atoms with Gasteiger partial charge in [0.2, 0.25) is 0 Å². The summed E-state index contributed by atoms with van der Waals surface area (Å²) in [5, 5.41) is 0. The van der Waals surface area contributed by atoms with Crippen LogP contribution in [0.1, 0.15) is 22.6 Å². The molecule has 0 bridgehead atoms. The van der Waals surface area contributed by atoms with Crippen LogP contribution in [-0.4, -0.2) is 21.1 Å². The third-order valence-electron chi connectivity index (χ3n) is 5.59. The first kappa shape index (κ1) is 18.4. The lowest BCUT2D eigenvalue weighted by Gasteiger charge is -2.22. The van der Waals surface area contributed by atoms with E-state index < -0.39 is 0 Å². The maximum atomic E-state index is 2.41. The summed E-state index contributed by atoms with van der Waals surface area (Å²) in [6.45, 7) is 0. The summed E-state index contributed by atoms with van der Waals surface area (Å²) < 4.78 is 0. The normalized spacial score (nSPS) is 18.3. The summed E-state index contributed by atoms with van der Waals surface area (Å²) in [5.74, 6) is 0.229. The van der Waals surface area contributed by atoms with E-state index in [4.69, 9.17) is 0 Å².